The van der Waals surface area contributed by atoms with Gasteiger partial charge in [0.25, 0.3) is 5.91 Å². The van der Waals surface area contributed by atoms with Gasteiger partial charge in [-0.3, -0.25) is 20.0 Å². The molecule has 1 heterocycles. The van der Waals surface area contributed by atoms with Gasteiger partial charge in [0.15, 0.2) is 0 Å². The minimum absolute atomic E-state index is 0.00723. The highest BCUT2D eigenvalue weighted by atomic mass is 17.1. The van der Waals surface area contributed by atoms with E-state index in [0.29, 0.717) is 30.8 Å². The third kappa shape index (κ3) is 6.60. The molecular formula is C30H34N4O6. The second-order valence-corrected chi connectivity index (χ2v) is 10.1. The molecule has 1 saturated heterocycles. The van der Waals surface area contributed by atoms with Crippen LogP contribution in [0.5, 0.6) is 5.75 Å². The summed E-state index contributed by atoms with van der Waals surface area (Å²) in [6, 6.07) is 24.1. The van der Waals surface area contributed by atoms with Crippen LogP contribution < -0.4 is 9.64 Å². The number of anilines is 1. The molecule has 10 nitrogen and oxygen atoms in total. The molecule has 2 aliphatic rings. The fourth-order valence-corrected chi connectivity index (χ4v) is 5.12. The Kier molecular flexibility index (Phi) is 8.61. The molecule has 0 bridgehead atoms. The molecule has 1 aliphatic carbocycles. The summed E-state index contributed by atoms with van der Waals surface area (Å²) in [6.07, 6.45) is 1.95. The van der Waals surface area contributed by atoms with Gasteiger partial charge in [0.2, 0.25) is 5.91 Å². The zero-order valence-corrected chi connectivity index (χ0v) is 22.4. The average Bonchev–Trinajstić information content (AvgIpc) is 3.84. The van der Waals surface area contributed by atoms with Gasteiger partial charge in [0.05, 0.1) is 25.7 Å². The van der Waals surface area contributed by atoms with Crippen molar-refractivity contribution >= 4 is 17.5 Å². The van der Waals surface area contributed by atoms with E-state index in [9.17, 15) is 9.59 Å². The number of ether oxygens (including phenoxy) is 1. The van der Waals surface area contributed by atoms with E-state index < -0.39 is 6.04 Å². The molecule has 0 radical (unpaired) electrons. The van der Waals surface area contributed by atoms with Crippen molar-refractivity contribution in [2.45, 2.75) is 38.1 Å². The summed E-state index contributed by atoms with van der Waals surface area (Å²) < 4.78 is 5.33. The Morgan fingerprint density at radius 2 is 1.65 bits per heavy atom. The average molecular weight is 547 g/mol. The number of methoxy groups -OCH3 is 1. The Bertz CT molecular complexity index is 1300. The Morgan fingerprint density at radius 1 is 0.925 bits per heavy atom. The standard InChI is InChI=1S/C30H34N4O6/c1-39-27-14-12-25(13-15-27)32-17-16-31(29(35)24-9-5-8-23(18-24)21-40-34(37)38)20-28(32)30(36)33(26-10-11-26)19-22-6-3-2-4-7-22/h2-9,12-15,18,26,28,37-38H,10-11,16-17,19-21H2,1H3/t28-/m1/s1. The number of piperazine rings is 1. The molecule has 210 valence electrons. The first kappa shape index (κ1) is 27.6. The van der Waals surface area contributed by atoms with Crippen LogP contribution in [-0.4, -0.2) is 76.2 Å². The quantitative estimate of drug-likeness (QED) is 0.371. The minimum atomic E-state index is -0.556. The van der Waals surface area contributed by atoms with Crippen molar-refractivity contribution in [3.05, 3.63) is 95.6 Å². The SMILES string of the molecule is COc1ccc(N2CCN(C(=O)c3cccc(CON(O)O)c3)C[C@@H]2C(=O)N(Cc2ccccc2)C2CC2)cc1. The van der Waals surface area contributed by atoms with E-state index in [1.165, 1.54) is 0 Å². The van der Waals surface area contributed by atoms with Gasteiger partial charge in [0.1, 0.15) is 11.8 Å². The van der Waals surface area contributed by atoms with Crippen LogP contribution in [0.4, 0.5) is 5.69 Å². The molecule has 3 aromatic carbocycles. The highest BCUT2D eigenvalue weighted by Crippen LogP contribution is 2.32. The number of carbonyl (C=O) groups is 2. The monoisotopic (exact) mass is 546 g/mol. The molecular weight excluding hydrogens is 512 g/mol. The Hall–Kier alpha value is -3.96. The third-order valence-electron chi connectivity index (χ3n) is 7.34. The highest BCUT2D eigenvalue weighted by molar-refractivity contribution is 5.96. The molecule has 1 atom stereocenters. The summed E-state index contributed by atoms with van der Waals surface area (Å²) in [5.74, 6) is 0.547. The minimum Gasteiger partial charge on any atom is -0.497 e. The van der Waals surface area contributed by atoms with Crippen molar-refractivity contribution in [3.63, 3.8) is 0 Å². The van der Waals surface area contributed by atoms with E-state index in [0.717, 1.165) is 29.8 Å². The van der Waals surface area contributed by atoms with Gasteiger partial charge < -0.3 is 19.4 Å². The highest BCUT2D eigenvalue weighted by Gasteiger charge is 2.41. The number of rotatable bonds is 10. The van der Waals surface area contributed by atoms with Crippen molar-refractivity contribution in [1.29, 1.82) is 0 Å². The maximum absolute atomic E-state index is 14.3. The van der Waals surface area contributed by atoms with Crippen LogP contribution in [0.3, 0.4) is 0 Å². The van der Waals surface area contributed by atoms with Crippen LogP contribution >= 0.6 is 0 Å². The van der Waals surface area contributed by atoms with Crippen LogP contribution in [0.25, 0.3) is 0 Å². The molecule has 1 aliphatic heterocycles. The van der Waals surface area contributed by atoms with Gasteiger partial charge in [-0.2, -0.15) is 0 Å². The molecule has 2 amide bonds. The lowest BCUT2D eigenvalue weighted by atomic mass is 10.0. The predicted molar refractivity (Wildman–Crippen MR) is 147 cm³/mol. The van der Waals surface area contributed by atoms with Crippen molar-refractivity contribution in [2.24, 2.45) is 0 Å². The second kappa shape index (κ2) is 12.5. The molecule has 3 aromatic rings. The maximum atomic E-state index is 14.3. The number of hydrogen-bond donors (Lipinski definition) is 2. The van der Waals surface area contributed by atoms with E-state index in [2.05, 4.69) is 4.90 Å². The first-order valence-electron chi connectivity index (χ1n) is 13.4. The van der Waals surface area contributed by atoms with Crippen LogP contribution in [0.1, 0.15) is 34.3 Å². The normalized spacial score (nSPS) is 17.1. The van der Waals surface area contributed by atoms with Gasteiger partial charge in [-0.05, 0) is 60.4 Å². The summed E-state index contributed by atoms with van der Waals surface area (Å²) in [5, 5.41) is 17.3. The molecule has 0 unspecified atom stereocenters. The molecule has 1 saturated carbocycles. The smallest absolute Gasteiger partial charge is 0.254 e. The first-order chi connectivity index (χ1) is 19.4. The van der Waals surface area contributed by atoms with Crippen molar-refractivity contribution in [3.8, 4) is 5.75 Å². The lowest BCUT2D eigenvalue weighted by molar-refractivity contribution is -0.497. The molecule has 0 spiro atoms. The van der Waals surface area contributed by atoms with Gasteiger partial charge in [0, 0.05) is 36.9 Å². The number of amides is 2. The van der Waals surface area contributed by atoms with E-state index in [1.807, 2.05) is 59.5 Å². The summed E-state index contributed by atoms with van der Waals surface area (Å²) in [7, 11) is 1.62. The third-order valence-corrected chi connectivity index (χ3v) is 7.34. The van der Waals surface area contributed by atoms with E-state index in [-0.39, 0.29) is 36.4 Å². The lowest BCUT2D eigenvalue weighted by Gasteiger charge is -2.43. The van der Waals surface area contributed by atoms with Crippen LogP contribution in [-0.2, 0) is 22.8 Å². The number of hydrogen-bond acceptors (Lipinski definition) is 8. The van der Waals surface area contributed by atoms with Gasteiger partial charge >= 0.3 is 0 Å². The van der Waals surface area contributed by atoms with E-state index in [1.54, 1.807) is 36.3 Å². The Balaban J connectivity index is 1.40. The summed E-state index contributed by atoms with van der Waals surface area (Å²) >= 11 is 0. The number of carbonyl (C=O) groups excluding carboxylic acids is 2. The fraction of sp³-hybridized carbons (Fsp3) is 0.333. The molecule has 10 heteroatoms. The van der Waals surface area contributed by atoms with Crippen LogP contribution in [0.2, 0.25) is 0 Å². The van der Waals surface area contributed by atoms with Crippen LogP contribution in [0.15, 0.2) is 78.9 Å². The summed E-state index contributed by atoms with van der Waals surface area (Å²) in [6.45, 7) is 1.59. The summed E-state index contributed by atoms with van der Waals surface area (Å²) in [4.78, 5) is 38.3. The van der Waals surface area contributed by atoms with Crippen molar-refractivity contribution in [2.75, 3.05) is 31.6 Å². The largest absolute Gasteiger partial charge is 0.497 e. The maximum Gasteiger partial charge on any atom is 0.254 e. The van der Waals surface area contributed by atoms with Gasteiger partial charge in [-0.1, -0.05) is 42.5 Å². The second-order valence-electron chi connectivity index (χ2n) is 10.1. The van der Waals surface area contributed by atoms with Crippen LogP contribution in [0, 0.1) is 0 Å². The molecule has 2 fully saturated rings. The summed E-state index contributed by atoms with van der Waals surface area (Å²) in [5.41, 5.74) is 3.02. The first-order valence-corrected chi connectivity index (χ1v) is 13.4. The van der Waals surface area contributed by atoms with E-state index in [4.69, 9.17) is 20.0 Å². The lowest BCUT2D eigenvalue weighted by Crippen LogP contribution is -2.61. The van der Waals surface area contributed by atoms with Crippen molar-refractivity contribution in [1.82, 2.24) is 15.2 Å². The van der Waals surface area contributed by atoms with Gasteiger partial charge in [-0.25, -0.2) is 4.84 Å². The molecule has 40 heavy (non-hydrogen) atoms. The topological polar surface area (TPSA) is 106 Å². The fourth-order valence-electron chi connectivity index (χ4n) is 5.12. The molecule has 0 aromatic heterocycles. The predicted octanol–water partition coefficient (Wildman–Crippen LogP) is 3.73. The molecule has 5 rings (SSSR count). The zero-order chi connectivity index (χ0) is 28.1. The van der Waals surface area contributed by atoms with E-state index >= 15 is 0 Å². The van der Waals surface area contributed by atoms with Gasteiger partial charge in [-0.15, -0.1) is 0 Å². The zero-order valence-electron chi connectivity index (χ0n) is 22.4. The van der Waals surface area contributed by atoms with Crippen molar-refractivity contribution < 1.29 is 29.6 Å². The molecule has 2 N–H and O–H groups in total. The number of benzene rings is 3. The Morgan fingerprint density at radius 3 is 2.33 bits per heavy atom. The number of nitrogens with zero attached hydrogens (tertiary/aromatic N) is 4. The Labute approximate surface area is 233 Å².